The summed E-state index contributed by atoms with van der Waals surface area (Å²) in [4.78, 5) is 3.83. The van der Waals surface area contributed by atoms with Crippen LogP contribution in [0.15, 0.2) is 12.3 Å². The lowest BCUT2D eigenvalue weighted by atomic mass is 10.1. The van der Waals surface area contributed by atoms with Gasteiger partial charge in [-0.2, -0.15) is 0 Å². The number of pyridine rings is 1. The number of hydrogen-bond donors (Lipinski definition) is 4. The highest BCUT2D eigenvalue weighted by Gasteiger charge is 2.10. The van der Waals surface area contributed by atoms with Crippen molar-refractivity contribution in [2.45, 2.75) is 18.9 Å². The van der Waals surface area contributed by atoms with Crippen molar-refractivity contribution < 1.29 is 10.2 Å². The van der Waals surface area contributed by atoms with E-state index in [1.807, 2.05) is 0 Å². The topological polar surface area (TPSA) is 91.4 Å². The molecule has 0 saturated carbocycles. The van der Waals surface area contributed by atoms with Gasteiger partial charge in [0.05, 0.1) is 18.0 Å². The van der Waals surface area contributed by atoms with Gasteiger partial charge in [-0.05, 0) is 18.9 Å². The van der Waals surface area contributed by atoms with Crippen molar-refractivity contribution in [1.82, 2.24) is 4.98 Å². The van der Waals surface area contributed by atoms with Crippen LogP contribution >= 0.6 is 11.6 Å². The molecular weight excluding hydrogens is 230 g/mol. The molecule has 0 aliphatic rings. The Labute approximate surface area is 99.3 Å². The third-order valence-corrected chi connectivity index (χ3v) is 2.53. The molecule has 5 nitrogen and oxygen atoms in total. The normalized spacial score (nSPS) is 12.4. The summed E-state index contributed by atoms with van der Waals surface area (Å²) in [6.07, 6.45) is 2.82. The highest BCUT2D eigenvalue weighted by Crippen LogP contribution is 2.25. The van der Waals surface area contributed by atoms with Crippen molar-refractivity contribution in [3.05, 3.63) is 17.4 Å². The van der Waals surface area contributed by atoms with E-state index in [0.717, 1.165) is 0 Å². The first kappa shape index (κ1) is 13.0. The predicted molar refractivity (Wildman–Crippen MR) is 64.5 cm³/mol. The van der Waals surface area contributed by atoms with E-state index in [9.17, 15) is 0 Å². The smallest absolute Gasteiger partial charge is 0.153 e. The molecule has 16 heavy (non-hydrogen) atoms. The summed E-state index contributed by atoms with van der Waals surface area (Å²) < 4.78 is 0. The van der Waals surface area contributed by atoms with E-state index in [1.165, 1.54) is 0 Å². The predicted octanol–water partition coefficient (Wildman–Crippen LogP) is 0.862. The molecule has 1 aromatic rings. The third kappa shape index (κ3) is 3.52. The second kappa shape index (κ2) is 6.52. The maximum atomic E-state index is 9.14. The number of aromatic nitrogens is 1. The van der Waals surface area contributed by atoms with E-state index >= 15 is 0 Å². The molecule has 0 aliphatic heterocycles. The van der Waals surface area contributed by atoms with Crippen LogP contribution in [0.3, 0.4) is 0 Å². The SMILES string of the molecule is Nc1c(NC(CO)CCCO)ccnc1Cl. The molecular formula is C10H16ClN3O2. The van der Waals surface area contributed by atoms with Gasteiger partial charge in [-0.3, -0.25) is 0 Å². The van der Waals surface area contributed by atoms with Crippen LogP contribution in [0.2, 0.25) is 5.15 Å². The zero-order valence-electron chi connectivity index (χ0n) is 8.86. The van der Waals surface area contributed by atoms with Crippen LogP contribution in [0.1, 0.15) is 12.8 Å². The van der Waals surface area contributed by atoms with Gasteiger partial charge in [-0.25, -0.2) is 4.98 Å². The number of rotatable bonds is 6. The number of nitrogens with two attached hydrogens (primary N) is 1. The van der Waals surface area contributed by atoms with E-state index in [0.29, 0.717) is 24.2 Å². The minimum absolute atomic E-state index is 0.0284. The number of aliphatic hydroxyl groups is 2. The molecule has 1 atom stereocenters. The molecule has 0 bridgehead atoms. The second-order valence-electron chi connectivity index (χ2n) is 3.45. The number of aliphatic hydroxyl groups excluding tert-OH is 2. The van der Waals surface area contributed by atoms with Crippen molar-refractivity contribution in [2.24, 2.45) is 0 Å². The average Bonchev–Trinajstić information content (AvgIpc) is 2.30. The summed E-state index contributed by atoms with van der Waals surface area (Å²) in [5.74, 6) is 0. The molecule has 0 aromatic carbocycles. The van der Waals surface area contributed by atoms with Crippen molar-refractivity contribution in [3.63, 3.8) is 0 Å². The number of anilines is 2. The maximum absolute atomic E-state index is 9.14. The van der Waals surface area contributed by atoms with E-state index in [4.69, 9.17) is 27.5 Å². The Morgan fingerprint density at radius 3 is 2.88 bits per heavy atom. The molecule has 0 fully saturated rings. The van der Waals surface area contributed by atoms with Crippen LogP contribution in [-0.4, -0.2) is 34.5 Å². The minimum atomic E-state index is -0.145. The summed E-state index contributed by atoms with van der Waals surface area (Å²) in [7, 11) is 0. The Morgan fingerprint density at radius 1 is 1.50 bits per heavy atom. The first-order valence-electron chi connectivity index (χ1n) is 5.07. The standard InChI is InChI=1S/C10H16ClN3O2/c11-10-9(12)8(3-4-13-10)14-7(6-16)2-1-5-15/h3-4,7,15-16H,1-2,5-6,12H2,(H,13,14). The molecule has 1 heterocycles. The number of halogens is 1. The number of nitrogens with zero attached hydrogens (tertiary/aromatic N) is 1. The van der Waals surface area contributed by atoms with Gasteiger partial charge in [0.15, 0.2) is 5.15 Å². The van der Waals surface area contributed by atoms with Crippen LogP contribution < -0.4 is 11.1 Å². The van der Waals surface area contributed by atoms with Gasteiger partial charge < -0.3 is 21.3 Å². The van der Waals surface area contributed by atoms with Gasteiger partial charge in [0.25, 0.3) is 0 Å². The van der Waals surface area contributed by atoms with Crippen molar-refractivity contribution in [1.29, 1.82) is 0 Å². The Hall–Kier alpha value is -1.04. The first-order chi connectivity index (χ1) is 7.69. The molecule has 0 saturated heterocycles. The quantitative estimate of drug-likeness (QED) is 0.558. The van der Waals surface area contributed by atoms with Gasteiger partial charge >= 0.3 is 0 Å². The van der Waals surface area contributed by atoms with Crippen molar-refractivity contribution >= 4 is 23.0 Å². The number of nitrogen functional groups attached to an aromatic ring is 1. The zero-order valence-corrected chi connectivity index (χ0v) is 9.61. The summed E-state index contributed by atoms with van der Waals surface area (Å²) in [5.41, 5.74) is 6.74. The van der Waals surface area contributed by atoms with Crippen LogP contribution in [-0.2, 0) is 0 Å². The third-order valence-electron chi connectivity index (χ3n) is 2.23. The summed E-state index contributed by atoms with van der Waals surface area (Å²) in [6, 6.07) is 1.55. The fraction of sp³-hybridized carbons (Fsp3) is 0.500. The largest absolute Gasteiger partial charge is 0.396 e. The number of nitrogens with one attached hydrogen (secondary N) is 1. The zero-order chi connectivity index (χ0) is 12.0. The number of hydrogen-bond acceptors (Lipinski definition) is 5. The van der Waals surface area contributed by atoms with Crippen molar-refractivity contribution in [3.8, 4) is 0 Å². The van der Waals surface area contributed by atoms with Gasteiger partial charge in [0, 0.05) is 18.8 Å². The Morgan fingerprint density at radius 2 is 2.25 bits per heavy atom. The lowest BCUT2D eigenvalue weighted by Crippen LogP contribution is -2.24. The van der Waals surface area contributed by atoms with Gasteiger partial charge in [0.2, 0.25) is 0 Å². The second-order valence-corrected chi connectivity index (χ2v) is 3.81. The van der Waals surface area contributed by atoms with Crippen molar-refractivity contribution in [2.75, 3.05) is 24.3 Å². The molecule has 1 unspecified atom stereocenters. The van der Waals surface area contributed by atoms with E-state index in [-0.39, 0.29) is 24.4 Å². The monoisotopic (exact) mass is 245 g/mol. The lowest BCUT2D eigenvalue weighted by molar-refractivity contribution is 0.245. The molecule has 0 amide bonds. The fourth-order valence-electron chi connectivity index (χ4n) is 1.34. The van der Waals surface area contributed by atoms with Crippen LogP contribution in [0.25, 0.3) is 0 Å². The van der Waals surface area contributed by atoms with Gasteiger partial charge in [-0.1, -0.05) is 11.6 Å². The van der Waals surface area contributed by atoms with E-state index in [1.54, 1.807) is 12.3 Å². The maximum Gasteiger partial charge on any atom is 0.153 e. The molecule has 0 radical (unpaired) electrons. The Kier molecular flexibility index (Phi) is 5.31. The van der Waals surface area contributed by atoms with Gasteiger partial charge in [0.1, 0.15) is 0 Å². The molecule has 0 aliphatic carbocycles. The summed E-state index contributed by atoms with van der Waals surface area (Å²) in [5, 5.41) is 21.2. The summed E-state index contributed by atoms with van der Waals surface area (Å²) >= 11 is 5.77. The van der Waals surface area contributed by atoms with E-state index in [2.05, 4.69) is 10.3 Å². The van der Waals surface area contributed by atoms with Crippen LogP contribution in [0.4, 0.5) is 11.4 Å². The van der Waals surface area contributed by atoms with Crippen LogP contribution in [0.5, 0.6) is 0 Å². The Bertz CT molecular complexity index is 336. The Balaban J connectivity index is 2.66. The van der Waals surface area contributed by atoms with E-state index < -0.39 is 0 Å². The van der Waals surface area contributed by atoms with Gasteiger partial charge in [-0.15, -0.1) is 0 Å². The molecule has 90 valence electrons. The molecule has 6 heteroatoms. The highest BCUT2D eigenvalue weighted by atomic mass is 35.5. The lowest BCUT2D eigenvalue weighted by Gasteiger charge is -2.18. The highest BCUT2D eigenvalue weighted by molar-refractivity contribution is 6.32. The molecule has 1 aromatic heterocycles. The molecule has 1 rings (SSSR count). The van der Waals surface area contributed by atoms with Crippen LogP contribution in [0, 0.1) is 0 Å². The minimum Gasteiger partial charge on any atom is -0.396 e. The first-order valence-corrected chi connectivity index (χ1v) is 5.45. The fourth-order valence-corrected chi connectivity index (χ4v) is 1.50. The average molecular weight is 246 g/mol. The summed E-state index contributed by atoms with van der Waals surface area (Å²) in [6.45, 7) is 0.0736. The molecule has 0 spiro atoms. The molecule has 5 N–H and O–H groups in total.